The Morgan fingerprint density at radius 2 is 1.76 bits per heavy atom. The third-order valence-electron chi connectivity index (χ3n) is 3.80. The van der Waals surface area contributed by atoms with Crippen LogP contribution in [0.1, 0.15) is 38.3 Å². The van der Waals surface area contributed by atoms with E-state index >= 15 is 0 Å². The molecule has 0 aliphatic heterocycles. The predicted octanol–water partition coefficient (Wildman–Crippen LogP) is 4.91. The minimum atomic E-state index is -0.551. The third-order valence-corrected chi connectivity index (χ3v) is 5.04. The Hall–Kier alpha value is -2.90. The van der Waals surface area contributed by atoms with Gasteiger partial charge in [-0.1, -0.05) is 41.9 Å². The number of esters is 2. The fourth-order valence-corrected chi connectivity index (χ4v) is 3.29. The molecule has 6 nitrogen and oxygen atoms in total. The quantitative estimate of drug-likeness (QED) is 0.472. The summed E-state index contributed by atoms with van der Waals surface area (Å²) in [5.41, 5.74) is 1.58. The fourth-order valence-electron chi connectivity index (χ4n) is 2.41. The topological polar surface area (TPSA) is 74.7 Å². The number of hydrogen-bond acceptors (Lipinski definition) is 7. The molecule has 0 bridgehead atoms. The van der Waals surface area contributed by atoms with Crippen LogP contribution in [0, 0.1) is 0 Å². The van der Waals surface area contributed by atoms with Gasteiger partial charge in [0.15, 0.2) is 0 Å². The number of benzene rings is 2. The molecular formula is C21H18ClNO5S. The summed E-state index contributed by atoms with van der Waals surface area (Å²) in [4.78, 5) is 28.3. The Balaban J connectivity index is 1.63. The van der Waals surface area contributed by atoms with Crippen molar-refractivity contribution >= 4 is 34.9 Å². The summed E-state index contributed by atoms with van der Waals surface area (Å²) < 4.78 is 16.0. The van der Waals surface area contributed by atoms with Crippen molar-refractivity contribution in [3.63, 3.8) is 0 Å². The highest BCUT2D eigenvalue weighted by Crippen LogP contribution is 2.23. The highest BCUT2D eigenvalue weighted by Gasteiger charge is 2.16. The normalized spacial score (nSPS) is 10.4. The summed E-state index contributed by atoms with van der Waals surface area (Å²) in [5.74, 6) is -0.651. The van der Waals surface area contributed by atoms with Crippen LogP contribution in [0.2, 0.25) is 5.02 Å². The maximum atomic E-state index is 12.5. The van der Waals surface area contributed by atoms with Crippen molar-refractivity contribution in [2.75, 3.05) is 6.61 Å². The second-order valence-electron chi connectivity index (χ2n) is 5.82. The molecule has 0 unspecified atom stereocenters. The highest BCUT2D eigenvalue weighted by atomic mass is 35.5. The van der Waals surface area contributed by atoms with E-state index in [0.29, 0.717) is 22.0 Å². The number of carbonyl (C=O) groups is 2. The van der Waals surface area contributed by atoms with Crippen molar-refractivity contribution in [3.8, 4) is 5.75 Å². The van der Waals surface area contributed by atoms with Gasteiger partial charge >= 0.3 is 11.9 Å². The maximum Gasteiger partial charge on any atom is 0.367 e. The van der Waals surface area contributed by atoms with Crippen molar-refractivity contribution in [3.05, 3.63) is 80.8 Å². The minimum Gasteiger partial charge on any atom is -0.488 e. The van der Waals surface area contributed by atoms with Gasteiger partial charge in [0.25, 0.3) is 0 Å². The predicted molar refractivity (Wildman–Crippen MR) is 109 cm³/mol. The van der Waals surface area contributed by atoms with E-state index in [2.05, 4.69) is 4.98 Å². The van der Waals surface area contributed by atoms with E-state index in [0.717, 1.165) is 16.9 Å². The molecule has 1 aromatic heterocycles. The lowest BCUT2D eigenvalue weighted by atomic mass is 10.2. The molecule has 8 heteroatoms. The van der Waals surface area contributed by atoms with Gasteiger partial charge < -0.3 is 14.2 Å². The molecule has 0 aliphatic rings. The summed E-state index contributed by atoms with van der Waals surface area (Å²) in [5, 5.41) is 2.47. The van der Waals surface area contributed by atoms with Gasteiger partial charge in [-0.3, -0.25) is 0 Å². The Bertz CT molecular complexity index is 1000. The number of halogens is 1. The second kappa shape index (κ2) is 10.0. The summed E-state index contributed by atoms with van der Waals surface area (Å²) in [7, 11) is 0. The summed E-state index contributed by atoms with van der Waals surface area (Å²) in [6.07, 6.45) is 0. The van der Waals surface area contributed by atoms with Crippen LogP contribution in [-0.4, -0.2) is 23.5 Å². The molecule has 0 aliphatic carbocycles. The van der Waals surface area contributed by atoms with Crippen LogP contribution in [0.4, 0.5) is 0 Å². The average Bonchev–Trinajstić information content (AvgIpc) is 3.21. The Kier molecular flexibility index (Phi) is 7.21. The smallest absolute Gasteiger partial charge is 0.367 e. The monoisotopic (exact) mass is 431 g/mol. The molecule has 2 aromatic carbocycles. The van der Waals surface area contributed by atoms with E-state index in [1.54, 1.807) is 42.6 Å². The number of aromatic nitrogens is 1. The first-order chi connectivity index (χ1) is 14.1. The first-order valence-electron chi connectivity index (χ1n) is 8.82. The van der Waals surface area contributed by atoms with Crippen LogP contribution >= 0.6 is 22.9 Å². The first kappa shape index (κ1) is 20.8. The molecule has 3 rings (SSSR count). The van der Waals surface area contributed by atoms with Gasteiger partial charge in [-0.15, -0.1) is 11.3 Å². The lowest BCUT2D eigenvalue weighted by Gasteiger charge is -2.11. The van der Waals surface area contributed by atoms with Crippen molar-refractivity contribution in [1.82, 2.24) is 4.98 Å². The second-order valence-corrected chi connectivity index (χ2v) is 7.08. The first-order valence-corrected chi connectivity index (χ1v) is 10.1. The van der Waals surface area contributed by atoms with E-state index in [1.807, 2.05) is 18.2 Å². The van der Waals surface area contributed by atoms with Gasteiger partial charge in [0.2, 0.25) is 5.01 Å². The van der Waals surface area contributed by atoms with Gasteiger partial charge in [-0.2, -0.15) is 0 Å². The minimum absolute atomic E-state index is 0.0619. The van der Waals surface area contributed by atoms with Crippen LogP contribution in [0.15, 0.2) is 53.9 Å². The van der Waals surface area contributed by atoms with Crippen molar-refractivity contribution in [2.24, 2.45) is 0 Å². The highest BCUT2D eigenvalue weighted by molar-refractivity contribution is 7.11. The Morgan fingerprint density at radius 1 is 1.00 bits per heavy atom. The molecule has 0 spiro atoms. The van der Waals surface area contributed by atoms with Crippen LogP contribution < -0.4 is 4.74 Å². The molecular weight excluding hydrogens is 414 g/mol. The SMILES string of the molecule is CCOC(=O)c1nc(COC(=O)c2ccccc2OCc2ccccc2Cl)cs1. The summed E-state index contributed by atoms with van der Waals surface area (Å²) in [6, 6.07) is 14.1. The van der Waals surface area contributed by atoms with Gasteiger partial charge in [-0.05, 0) is 25.1 Å². The Morgan fingerprint density at radius 3 is 2.55 bits per heavy atom. The number of ether oxygens (including phenoxy) is 3. The lowest BCUT2D eigenvalue weighted by molar-refractivity contribution is 0.0463. The standard InChI is InChI=1S/C21H18ClNO5S/c1-2-26-21(25)19-23-15(13-29-19)12-28-20(24)16-8-4-6-10-18(16)27-11-14-7-3-5-9-17(14)22/h3-10,13H,2,11-12H2,1H3. The van der Waals surface area contributed by atoms with Crippen LogP contribution in [0.3, 0.4) is 0 Å². The maximum absolute atomic E-state index is 12.5. The van der Waals surface area contributed by atoms with Crippen LogP contribution in [0.5, 0.6) is 5.75 Å². The van der Waals surface area contributed by atoms with Gasteiger partial charge in [0.1, 0.15) is 24.5 Å². The van der Waals surface area contributed by atoms with Crippen LogP contribution in [-0.2, 0) is 22.7 Å². The fraction of sp³-hybridized carbons (Fsp3) is 0.190. The number of hydrogen-bond donors (Lipinski definition) is 0. The number of rotatable bonds is 8. The zero-order valence-electron chi connectivity index (χ0n) is 15.6. The number of carbonyl (C=O) groups excluding carboxylic acids is 2. The number of nitrogens with zero attached hydrogens (tertiary/aromatic N) is 1. The molecule has 0 radical (unpaired) electrons. The van der Waals surface area contributed by atoms with Crippen LogP contribution in [0.25, 0.3) is 0 Å². The van der Waals surface area contributed by atoms with Gasteiger partial charge in [-0.25, -0.2) is 14.6 Å². The van der Waals surface area contributed by atoms with Crippen molar-refractivity contribution < 1.29 is 23.8 Å². The largest absolute Gasteiger partial charge is 0.488 e. The van der Waals surface area contributed by atoms with E-state index in [9.17, 15) is 9.59 Å². The molecule has 29 heavy (non-hydrogen) atoms. The molecule has 1 heterocycles. The van der Waals surface area contributed by atoms with E-state index in [4.69, 9.17) is 25.8 Å². The third kappa shape index (κ3) is 5.56. The van der Waals surface area contributed by atoms with Gasteiger partial charge in [0.05, 0.1) is 12.3 Å². The molecule has 0 fully saturated rings. The van der Waals surface area contributed by atoms with E-state index < -0.39 is 11.9 Å². The Labute approximate surface area is 177 Å². The molecule has 0 atom stereocenters. The van der Waals surface area contributed by atoms with Gasteiger partial charge in [0, 0.05) is 16.0 Å². The molecule has 0 amide bonds. The number of para-hydroxylation sites is 1. The van der Waals surface area contributed by atoms with E-state index in [1.165, 1.54) is 0 Å². The zero-order valence-corrected chi connectivity index (χ0v) is 17.2. The molecule has 0 saturated carbocycles. The molecule has 3 aromatic rings. The molecule has 0 saturated heterocycles. The average molecular weight is 432 g/mol. The summed E-state index contributed by atoms with van der Waals surface area (Å²) in [6.45, 7) is 2.15. The summed E-state index contributed by atoms with van der Waals surface area (Å²) >= 11 is 7.29. The lowest BCUT2D eigenvalue weighted by Crippen LogP contribution is -2.09. The van der Waals surface area contributed by atoms with E-state index in [-0.39, 0.29) is 24.8 Å². The molecule has 150 valence electrons. The van der Waals surface area contributed by atoms with Crippen molar-refractivity contribution in [2.45, 2.75) is 20.1 Å². The zero-order chi connectivity index (χ0) is 20.6. The number of thiazole rings is 1. The van der Waals surface area contributed by atoms with Crippen molar-refractivity contribution in [1.29, 1.82) is 0 Å². The molecule has 0 N–H and O–H groups in total.